The van der Waals surface area contributed by atoms with Gasteiger partial charge in [0, 0.05) is 24.7 Å². The molecule has 0 aliphatic carbocycles. The topological polar surface area (TPSA) is 39.1 Å². The largest absolute Gasteiger partial charge is 0.454 e. The second kappa shape index (κ2) is 6.57. The number of aromatic nitrogens is 2. The summed E-state index contributed by atoms with van der Waals surface area (Å²) in [7, 11) is 0. The van der Waals surface area contributed by atoms with Crippen LogP contribution in [-0.2, 0) is 13.1 Å². The van der Waals surface area contributed by atoms with Crippen molar-refractivity contribution in [2.24, 2.45) is 0 Å². The molecule has 0 aliphatic rings. The fourth-order valence-electron chi connectivity index (χ4n) is 1.96. The predicted molar refractivity (Wildman–Crippen MR) is 81.1 cm³/mol. The monoisotopic (exact) mass is 273 g/mol. The van der Waals surface area contributed by atoms with Gasteiger partial charge in [0.15, 0.2) is 5.75 Å². The molecule has 1 heterocycles. The molecule has 0 saturated heterocycles. The molecule has 0 radical (unpaired) electrons. The Morgan fingerprint density at radius 1 is 1.35 bits per heavy atom. The molecule has 1 aromatic heterocycles. The molecule has 1 N–H and O–H groups in total. The summed E-state index contributed by atoms with van der Waals surface area (Å²) < 4.78 is 7.81. The molecular weight excluding hydrogens is 250 g/mol. The predicted octanol–water partition coefficient (Wildman–Crippen LogP) is 3.50. The average Bonchev–Trinajstić information content (AvgIpc) is 2.86. The second-order valence-corrected chi connectivity index (χ2v) is 5.28. The summed E-state index contributed by atoms with van der Waals surface area (Å²) in [6.45, 7) is 10.1. The summed E-state index contributed by atoms with van der Waals surface area (Å²) in [5.74, 6) is 1.67. The molecule has 0 bridgehead atoms. The summed E-state index contributed by atoms with van der Waals surface area (Å²) in [5.41, 5.74) is 2.41. The molecule has 1 aromatic carbocycles. The molecule has 0 saturated carbocycles. The number of benzene rings is 1. The minimum atomic E-state index is 0.450. The van der Waals surface area contributed by atoms with Gasteiger partial charge in [0.2, 0.25) is 0 Å². The lowest BCUT2D eigenvalue weighted by Gasteiger charge is -2.13. The molecule has 108 valence electrons. The van der Waals surface area contributed by atoms with Crippen LogP contribution in [0.15, 0.2) is 30.6 Å². The van der Waals surface area contributed by atoms with Gasteiger partial charge < -0.3 is 10.1 Å². The highest BCUT2D eigenvalue weighted by Gasteiger charge is 2.07. The Labute approximate surface area is 120 Å². The van der Waals surface area contributed by atoms with Crippen LogP contribution in [0.5, 0.6) is 11.5 Å². The maximum absolute atomic E-state index is 5.96. The number of rotatable bonds is 6. The van der Waals surface area contributed by atoms with Crippen LogP contribution in [0.25, 0.3) is 0 Å². The normalized spacial score (nSPS) is 11.1. The van der Waals surface area contributed by atoms with Crippen LogP contribution in [0.2, 0.25) is 0 Å². The Bertz CT molecular complexity index is 561. The van der Waals surface area contributed by atoms with Crippen molar-refractivity contribution >= 4 is 0 Å². The van der Waals surface area contributed by atoms with Crippen LogP contribution in [0.4, 0.5) is 0 Å². The minimum Gasteiger partial charge on any atom is -0.454 e. The zero-order chi connectivity index (χ0) is 14.5. The Hall–Kier alpha value is -1.81. The summed E-state index contributed by atoms with van der Waals surface area (Å²) >= 11 is 0. The van der Waals surface area contributed by atoms with Crippen molar-refractivity contribution in [2.45, 2.75) is 46.8 Å². The summed E-state index contributed by atoms with van der Waals surface area (Å²) in [4.78, 5) is 0. The number of nitrogens with one attached hydrogen (secondary N) is 1. The van der Waals surface area contributed by atoms with Crippen LogP contribution in [0, 0.1) is 6.92 Å². The summed E-state index contributed by atoms with van der Waals surface area (Å²) in [6, 6.07) is 6.70. The first-order valence-electron chi connectivity index (χ1n) is 7.11. The van der Waals surface area contributed by atoms with Gasteiger partial charge >= 0.3 is 0 Å². The number of aryl methyl sites for hydroxylation is 2. The van der Waals surface area contributed by atoms with E-state index in [2.05, 4.69) is 50.2 Å². The molecule has 4 heteroatoms. The van der Waals surface area contributed by atoms with Gasteiger partial charge in [-0.3, -0.25) is 4.68 Å². The highest BCUT2D eigenvalue weighted by Crippen LogP contribution is 2.26. The Morgan fingerprint density at radius 2 is 2.15 bits per heavy atom. The number of hydrogen-bond donors (Lipinski definition) is 1. The molecule has 4 nitrogen and oxygen atoms in total. The van der Waals surface area contributed by atoms with Gasteiger partial charge in [-0.05, 0) is 19.9 Å². The van der Waals surface area contributed by atoms with E-state index >= 15 is 0 Å². The van der Waals surface area contributed by atoms with Gasteiger partial charge in [0.25, 0.3) is 0 Å². The molecule has 20 heavy (non-hydrogen) atoms. The van der Waals surface area contributed by atoms with Gasteiger partial charge in [-0.15, -0.1) is 0 Å². The SMILES string of the molecule is CCn1cc(Oc2ccc(C)cc2CNC(C)C)cn1. The number of hydrogen-bond acceptors (Lipinski definition) is 3. The first-order chi connectivity index (χ1) is 9.58. The van der Waals surface area contributed by atoms with E-state index in [0.717, 1.165) is 24.6 Å². The molecular formula is C16H23N3O. The van der Waals surface area contributed by atoms with E-state index < -0.39 is 0 Å². The lowest BCUT2D eigenvalue weighted by atomic mass is 10.1. The van der Waals surface area contributed by atoms with Crippen molar-refractivity contribution in [1.29, 1.82) is 0 Å². The van der Waals surface area contributed by atoms with Crippen LogP contribution in [0.3, 0.4) is 0 Å². The molecule has 0 fully saturated rings. The van der Waals surface area contributed by atoms with Crippen molar-refractivity contribution in [3.8, 4) is 11.5 Å². The van der Waals surface area contributed by atoms with Gasteiger partial charge in [0.1, 0.15) is 5.75 Å². The molecule has 0 atom stereocenters. The number of ether oxygens (including phenoxy) is 1. The van der Waals surface area contributed by atoms with Crippen molar-refractivity contribution in [2.75, 3.05) is 0 Å². The lowest BCUT2D eigenvalue weighted by molar-refractivity contribution is 0.468. The molecule has 0 spiro atoms. The molecule has 2 aromatic rings. The van der Waals surface area contributed by atoms with E-state index in [1.54, 1.807) is 6.20 Å². The van der Waals surface area contributed by atoms with Gasteiger partial charge in [-0.1, -0.05) is 31.5 Å². The van der Waals surface area contributed by atoms with Crippen molar-refractivity contribution in [1.82, 2.24) is 15.1 Å². The highest BCUT2D eigenvalue weighted by molar-refractivity contribution is 5.39. The Kier molecular flexibility index (Phi) is 4.79. The second-order valence-electron chi connectivity index (χ2n) is 5.28. The quantitative estimate of drug-likeness (QED) is 0.875. The van der Waals surface area contributed by atoms with Gasteiger partial charge in [0.05, 0.1) is 12.4 Å². The molecule has 0 amide bonds. The van der Waals surface area contributed by atoms with E-state index in [-0.39, 0.29) is 0 Å². The molecule has 2 rings (SSSR count). The average molecular weight is 273 g/mol. The molecule has 0 aliphatic heterocycles. The maximum Gasteiger partial charge on any atom is 0.165 e. The minimum absolute atomic E-state index is 0.450. The zero-order valence-electron chi connectivity index (χ0n) is 12.7. The van der Waals surface area contributed by atoms with Crippen molar-refractivity contribution in [3.05, 3.63) is 41.7 Å². The number of nitrogens with zero attached hydrogens (tertiary/aromatic N) is 2. The van der Waals surface area contributed by atoms with Crippen LogP contribution in [-0.4, -0.2) is 15.8 Å². The zero-order valence-corrected chi connectivity index (χ0v) is 12.7. The third-order valence-electron chi connectivity index (χ3n) is 3.08. The van der Waals surface area contributed by atoms with E-state index in [9.17, 15) is 0 Å². The molecule has 0 unspecified atom stereocenters. The van der Waals surface area contributed by atoms with Crippen LogP contribution >= 0.6 is 0 Å². The van der Waals surface area contributed by atoms with Crippen molar-refractivity contribution in [3.63, 3.8) is 0 Å². The smallest absolute Gasteiger partial charge is 0.165 e. The van der Waals surface area contributed by atoms with Gasteiger partial charge in [-0.25, -0.2) is 0 Å². The van der Waals surface area contributed by atoms with E-state index in [0.29, 0.717) is 6.04 Å². The van der Waals surface area contributed by atoms with E-state index in [1.807, 2.05) is 16.9 Å². The van der Waals surface area contributed by atoms with E-state index in [4.69, 9.17) is 4.74 Å². The van der Waals surface area contributed by atoms with Gasteiger partial charge in [-0.2, -0.15) is 5.10 Å². The fourth-order valence-corrected chi connectivity index (χ4v) is 1.96. The van der Waals surface area contributed by atoms with E-state index in [1.165, 1.54) is 11.1 Å². The maximum atomic E-state index is 5.96. The third-order valence-corrected chi connectivity index (χ3v) is 3.08. The van der Waals surface area contributed by atoms with Crippen LogP contribution < -0.4 is 10.1 Å². The lowest BCUT2D eigenvalue weighted by Crippen LogP contribution is -2.22. The van der Waals surface area contributed by atoms with Crippen LogP contribution in [0.1, 0.15) is 31.9 Å². The first kappa shape index (κ1) is 14.6. The summed E-state index contributed by atoms with van der Waals surface area (Å²) in [6.07, 6.45) is 3.67. The third kappa shape index (κ3) is 3.84. The van der Waals surface area contributed by atoms with Crippen molar-refractivity contribution < 1.29 is 4.74 Å². The Balaban J connectivity index is 2.17. The fraction of sp³-hybridized carbons (Fsp3) is 0.438. The Morgan fingerprint density at radius 3 is 2.80 bits per heavy atom. The highest BCUT2D eigenvalue weighted by atomic mass is 16.5. The first-order valence-corrected chi connectivity index (χ1v) is 7.11. The summed E-state index contributed by atoms with van der Waals surface area (Å²) in [5, 5.41) is 7.66. The standard InChI is InChI=1S/C16H23N3O/c1-5-19-11-15(10-18-19)20-16-7-6-13(4)8-14(16)9-17-12(2)3/h6-8,10-12,17H,5,9H2,1-4H3.